The number of benzene rings is 1. The molecule has 1 aliphatic rings. The van der Waals surface area contributed by atoms with Crippen LogP contribution in [0.1, 0.15) is 34.2 Å². The molecule has 1 aliphatic heterocycles. The van der Waals surface area contributed by atoms with Crippen LogP contribution < -0.4 is 19.8 Å². The van der Waals surface area contributed by atoms with Crippen LogP contribution in [0.3, 0.4) is 0 Å². The van der Waals surface area contributed by atoms with Gasteiger partial charge in [-0.05, 0) is 25.5 Å². The predicted octanol–water partition coefficient (Wildman–Crippen LogP) is 1.73. The van der Waals surface area contributed by atoms with Gasteiger partial charge in [0.15, 0.2) is 11.5 Å². The van der Waals surface area contributed by atoms with Crippen LogP contribution in [0.4, 0.5) is 0 Å². The molecule has 1 unspecified atom stereocenters. The maximum absolute atomic E-state index is 13.0. The number of hydrogen-bond acceptors (Lipinski definition) is 6. The zero-order chi connectivity index (χ0) is 19.6. The summed E-state index contributed by atoms with van der Waals surface area (Å²) in [7, 11) is 4.54. The van der Waals surface area contributed by atoms with Crippen LogP contribution in [0.15, 0.2) is 23.0 Å². The highest BCUT2D eigenvalue weighted by Crippen LogP contribution is 2.39. The molecule has 3 rings (SSSR count). The number of carbonyl (C=O) groups excluding carboxylic acids is 1. The number of likely N-dealkylation sites (tertiary alicyclic amines) is 1. The highest BCUT2D eigenvalue weighted by atomic mass is 16.5. The Hall–Kier alpha value is -3.03. The number of aromatic nitrogens is 2. The quantitative estimate of drug-likeness (QED) is 0.858. The summed E-state index contributed by atoms with van der Waals surface area (Å²) >= 11 is 0. The summed E-state index contributed by atoms with van der Waals surface area (Å²) in [6.45, 7) is 2.84. The molecule has 8 heteroatoms. The van der Waals surface area contributed by atoms with Crippen molar-refractivity contribution in [1.82, 2.24) is 14.9 Å². The molecule has 144 valence electrons. The van der Waals surface area contributed by atoms with Crippen LogP contribution in [0.25, 0.3) is 0 Å². The molecule has 0 aliphatic carbocycles. The first-order valence-corrected chi connectivity index (χ1v) is 8.64. The summed E-state index contributed by atoms with van der Waals surface area (Å²) in [4.78, 5) is 33.5. The van der Waals surface area contributed by atoms with Crippen molar-refractivity contribution in [2.45, 2.75) is 19.3 Å². The van der Waals surface area contributed by atoms with Crippen molar-refractivity contribution in [1.29, 1.82) is 0 Å². The van der Waals surface area contributed by atoms with Crippen molar-refractivity contribution in [3.05, 3.63) is 45.6 Å². The van der Waals surface area contributed by atoms with E-state index in [1.807, 2.05) is 0 Å². The fourth-order valence-corrected chi connectivity index (χ4v) is 3.38. The number of aryl methyl sites for hydroxylation is 1. The fourth-order valence-electron chi connectivity index (χ4n) is 3.38. The molecule has 1 fully saturated rings. The molecule has 1 atom stereocenters. The molecule has 2 heterocycles. The highest BCUT2D eigenvalue weighted by molar-refractivity contribution is 5.96. The predicted molar refractivity (Wildman–Crippen MR) is 99.0 cm³/mol. The molecule has 1 amide bonds. The molecule has 2 aromatic rings. The van der Waals surface area contributed by atoms with Gasteiger partial charge in [0.25, 0.3) is 11.5 Å². The van der Waals surface area contributed by atoms with Crippen LogP contribution >= 0.6 is 0 Å². The lowest BCUT2D eigenvalue weighted by Crippen LogP contribution is -2.28. The van der Waals surface area contributed by atoms with E-state index in [4.69, 9.17) is 14.2 Å². The third-order valence-corrected chi connectivity index (χ3v) is 4.69. The molecule has 27 heavy (non-hydrogen) atoms. The number of hydrogen-bond donors (Lipinski definition) is 1. The zero-order valence-corrected chi connectivity index (χ0v) is 15.9. The molecule has 1 N–H and O–H groups in total. The monoisotopic (exact) mass is 373 g/mol. The number of ether oxygens (including phenoxy) is 3. The molecule has 0 radical (unpaired) electrons. The van der Waals surface area contributed by atoms with Gasteiger partial charge in [-0.15, -0.1) is 0 Å². The van der Waals surface area contributed by atoms with Gasteiger partial charge in [0.1, 0.15) is 5.82 Å². The lowest BCUT2D eigenvalue weighted by atomic mass is 10.0. The second-order valence-electron chi connectivity index (χ2n) is 6.41. The van der Waals surface area contributed by atoms with Gasteiger partial charge < -0.3 is 24.1 Å². The summed E-state index contributed by atoms with van der Waals surface area (Å²) in [5, 5.41) is 0. The van der Waals surface area contributed by atoms with E-state index in [0.29, 0.717) is 41.7 Å². The lowest BCUT2D eigenvalue weighted by Gasteiger charge is -2.19. The van der Waals surface area contributed by atoms with Gasteiger partial charge in [-0.2, -0.15) is 0 Å². The fraction of sp³-hybridized carbons (Fsp3) is 0.421. The highest BCUT2D eigenvalue weighted by Gasteiger charge is 2.30. The molecular formula is C19H23N3O5. The molecule has 0 bridgehead atoms. The van der Waals surface area contributed by atoms with E-state index in [2.05, 4.69) is 9.97 Å². The molecule has 0 spiro atoms. The number of carbonyl (C=O) groups is 1. The van der Waals surface area contributed by atoms with Crippen molar-refractivity contribution >= 4 is 5.91 Å². The van der Waals surface area contributed by atoms with Crippen LogP contribution in [-0.4, -0.2) is 55.2 Å². The number of amides is 1. The average molecular weight is 373 g/mol. The molecule has 0 saturated carbocycles. The number of rotatable bonds is 5. The Bertz CT molecular complexity index is 883. The lowest BCUT2D eigenvalue weighted by molar-refractivity contribution is 0.0790. The minimum absolute atomic E-state index is 0.0389. The van der Waals surface area contributed by atoms with Gasteiger partial charge in [0.05, 0.1) is 27.0 Å². The maximum Gasteiger partial charge on any atom is 0.254 e. The number of nitrogens with one attached hydrogen (secondary N) is 1. The van der Waals surface area contributed by atoms with Crippen molar-refractivity contribution in [3.63, 3.8) is 0 Å². The third-order valence-electron chi connectivity index (χ3n) is 4.69. The Morgan fingerprint density at radius 2 is 1.81 bits per heavy atom. The van der Waals surface area contributed by atoms with E-state index in [-0.39, 0.29) is 17.4 Å². The van der Waals surface area contributed by atoms with Crippen LogP contribution in [0.2, 0.25) is 0 Å². The topological polar surface area (TPSA) is 93.8 Å². The van der Waals surface area contributed by atoms with E-state index < -0.39 is 0 Å². The van der Waals surface area contributed by atoms with Gasteiger partial charge in [-0.3, -0.25) is 9.59 Å². The Morgan fingerprint density at radius 3 is 2.37 bits per heavy atom. The van der Waals surface area contributed by atoms with E-state index in [1.54, 1.807) is 24.0 Å². The second-order valence-corrected chi connectivity index (χ2v) is 6.41. The van der Waals surface area contributed by atoms with E-state index in [0.717, 1.165) is 12.1 Å². The van der Waals surface area contributed by atoms with Gasteiger partial charge in [-0.25, -0.2) is 4.98 Å². The van der Waals surface area contributed by atoms with E-state index in [1.165, 1.54) is 27.4 Å². The van der Waals surface area contributed by atoms with Gasteiger partial charge >= 0.3 is 0 Å². The Labute approximate surface area is 157 Å². The first kappa shape index (κ1) is 18.8. The zero-order valence-electron chi connectivity index (χ0n) is 15.9. The smallest absolute Gasteiger partial charge is 0.254 e. The first-order chi connectivity index (χ1) is 13.0. The largest absolute Gasteiger partial charge is 0.493 e. The summed E-state index contributed by atoms with van der Waals surface area (Å²) < 4.78 is 16.0. The summed E-state index contributed by atoms with van der Waals surface area (Å²) in [6.07, 6.45) is 0.756. The van der Waals surface area contributed by atoms with Crippen molar-refractivity contribution in [2.75, 3.05) is 34.4 Å². The SMILES string of the molecule is COc1cc(C(=O)N2CCC(c3cc(=O)[nH]c(C)n3)C2)cc(OC)c1OC. The third kappa shape index (κ3) is 3.74. The average Bonchev–Trinajstić information content (AvgIpc) is 3.15. The van der Waals surface area contributed by atoms with Crippen molar-refractivity contribution < 1.29 is 19.0 Å². The van der Waals surface area contributed by atoms with Crippen LogP contribution in [0, 0.1) is 6.92 Å². The van der Waals surface area contributed by atoms with Crippen molar-refractivity contribution in [2.24, 2.45) is 0 Å². The van der Waals surface area contributed by atoms with E-state index >= 15 is 0 Å². The number of methoxy groups -OCH3 is 3. The summed E-state index contributed by atoms with van der Waals surface area (Å²) in [6, 6.07) is 4.80. The Kier molecular flexibility index (Phi) is 5.34. The summed E-state index contributed by atoms with van der Waals surface area (Å²) in [5.41, 5.74) is 1.00. The molecular weight excluding hydrogens is 350 g/mol. The number of H-pyrrole nitrogens is 1. The normalized spacial score (nSPS) is 16.3. The van der Waals surface area contributed by atoms with E-state index in [9.17, 15) is 9.59 Å². The van der Waals surface area contributed by atoms with Gasteiger partial charge in [-0.1, -0.05) is 0 Å². The standard InChI is InChI=1S/C19H23N3O5/c1-11-20-14(9-17(23)21-11)12-5-6-22(10-12)19(24)13-7-15(25-2)18(27-4)16(8-13)26-3/h7-9,12H,5-6,10H2,1-4H3,(H,20,21,23). The Balaban J connectivity index is 1.84. The van der Waals surface area contributed by atoms with Gasteiger partial charge in [0, 0.05) is 30.6 Å². The first-order valence-electron chi connectivity index (χ1n) is 8.64. The summed E-state index contributed by atoms with van der Waals surface area (Å²) in [5.74, 6) is 1.80. The number of aromatic amines is 1. The minimum atomic E-state index is -0.174. The molecule has 1 aromatic carbocycles. The Morgan fingerprint density at radius 1 is 1.15 bits per heavy atom. The van der Waals surface area contributed by atoms with Crippen molar-refractivity contribution in [3.8, 4) is 17.2 Å². The van der Waals surface area contributed by atoms with Crippen LogP contribution in [0.5, 0.6) is 17.2 Å². The molecule has 1 aromatic heterocycles. The molecule has 8 nitrogen and oxygen atoms in total. The second kappa shape index (κ2) is 7.69. The number of nitrogens with zero attached hydrogens (tertiary/aromatic N) is 2. The van der Waals surface area contributed by atoms with Gasteiger partial charge in [0.2, 0.25) is 5.75 Å². The molecule has 1 saturated heterocycles. The maximum atomic E-state index is 13.0. The minimum Gasteiger partial charge on any atom is -0.493 e. The van der Waals surface area contributed by atoms with Crippen LogP contribution in [-0.2, 0) is 0 Å².